The fraction of sp³-hybridized carbons (Fsp3) is 0. The fourth-order valence-electron chi connectivity index (χ4n) is 3.86. The summed E-state index contributed by atoms with van der Waals surface area (Å²) in [6.07, 6.45) is 4.94. The van der Waals surface area contributed by atoms with Gasteiger partial charge < -0.3 is 14.0 Å². The Hall–Kier alpha value is -3.43. The lowest BCUT2D eigenvalue weighted by atomic mass is 10.1. The Balaban J connectivity index is 1.70. The lowest BCUT2D eigenvalue weighted by molar-refractivity contribution is 0.462. The van der Waals surface area contributed by atoms with Gasteiger partial charge in [0.25, 0.3) is 0 Å². The monoisotopic (exact) mass is 384 g/mol. The minimum absolute atomic E-state index is 0.537. The van der Waals surface area contributed by atoms with Gasteiger partial charge in [0, 0.05) is 18.0 Å². The average molecular weight is 384 g/mol. The Morgan fingerprint density at radius 2 is 1.36 bits per heavy atom. The number of nitrogens with zero attached hydrogens (tertiary/aromatic N) is 2. The van der Waals surface area contributed by atoms with Gasteiger partial charge in [-0.05, 0) is 36.4 Å². The van der Waals surface area contributed by atoms with Crippen molar-refractivity contribution < 1.29 is 14.0 Å². The first-order valence-corrected chi connectivity index (χ1v) is 10.6. The number of hydrogen-bond acceptors (Lipinski definition) is 5. The molecule has 3 heterocycles. The van der Waals surface area contributed by atoms with E-state index >= 15 is 0 Å². The molecule has 0 saturated carbocycles. The van der Waals surface area contributed by atoms with Crippen molar-refractivity contribution in [2.75, 3.05) is 0 Å². The third kappa shape index (κ3) is 1.99. The van der Waals surface area contributed by atoms with Crippen LogP contribution >= 0.6 is 7.14 Å². The van der Waals surface area contributed by atoms with Crippen LogP contribution in [0.25, 0.3) is 11.3 Å². The highest BCUT2D eigenvalue weighted by Gasteiger charge is 2.46. The summed E-state index contributed by atoms with van der Waals surface area (Å²) >= 11 is 0. The highest BCUT2D eigenvalue weighted by atomic mass is 31.2. The highest BCUT2D eigenvalue weighted by Crippen LogP contribution is 2.58. The Morgan fingerprint density at radius 1 is 0.750 bits per heavy atom. The van der Waals surface area contributed by atoms with Gasteiger partial charge in [0.2, 0.25) is 0 Å². The lowest BCUT2D eigenvalue weighted by Crippen LogP contribution is -2.35. The summed E-state index contributed by atoms with van der Waals surface area (Å²) in [4.78, 5) is 8.52. The second-order valence-corrected chi connectivity index (χ2v) is 9.29. The van der Waals surface area contributed by atoms with Crippen molar-refractivity contribution in [2.24, 2.45) is 0 Å². The van der Waals surface area contributed by atoms with E-state index in [1.54, 1.807) is 18.6 Å². The molecular formula is C22H13N2O3P. The topological polar surface area (TPSA) is 61.3 Å². The molecule has 4 aromatic rings. The zero-order valence-electron chi connectivity index (χ0n) is 14.6. The first-order valence-electron chi connectivity index (χ1n) is 8.85. The largest absolute Gasteiger partial charge is 0.456 e. The molecule has 28 heavy (non-hydrogen) atoms. The number of hydrogen-bond donors (Lipinski definition) is 0. The van der Waals surface area contributed by atoms with Crippen LogP contribution in [0.2, 0.25) is 0 Å². The van der Waals surface area contributed by atoms with Crippen LogP contribution in [-0.2, 0) is 4.57 Å². The van der Waals surface area contributed by atoms with E-state index in [0.717, 1.165) is 5.56 Å². The minimum Gasteiger partial charge on any atom is -0.456 e. The number of ether oxygens (including phenoxy) is 2. The summed E-state index contributed by atoms with van der Waals surface area (Å²) in [5.74, 6) is 2.29. The lowest BCUT2D eigenvalue weighted by Gasteiger charge is -2.34. The normalized spacial score (nSPS) is 14.7. The molecule has 0 unspecified atom stereocenters. The molecular weight excluding hydrogens is 371 g/mol. The summed E-state index contributed by atoms with van der Waals surface area (Å²) in [5, 5.41) is 2.01. The van der Waals surface area contributed by atoms with Gasteiger partial charge in [-0.2, -0.15) is 0 Å². The van der Waals surface area contributed by atoms with Gasteiger partial charge in [-0.25, -0.2) is 0 Å². The second kappa shape index (κ2) is 5.54. The van der Waals surface area contributed by atoms with Crippen LogP contribution in [0.3, 0.4) is 0 Å². The smallest absolute Gasteiger partial charge is 0.185 e. The molecule has 2 aliphatic heterocycles. The van der Waals surface area contributed by atoms with Crippen LogP contribution in [0.15, 0.2) is 79.3 Å². The molecule has 0 N–H and O–H groups in total. The second-order valence-electron chi connectivity index (χ2n) is 6.66. The zero-order valence-corrected chi connectivity index (χ0v) is 15.5. The van der Waals surface area contributed by atoms with Gasteiger partial charge in [-0.3, -0.25) is 9.97 Å². The zero-order chi connectivity index (χ0) is 18.7. The molecule has 0 spiro atoms. The molecule has 3 aromatic carbocycles. The van der Waals surface area contributed by atoms with Crippen molar-refractivity contribution in [1.29, 1.82) is 0 Å². The molecule has 6 heteroatoms. The van der Waals surface area contributed by atoms with E-state index in [0.29, 0.717) is 44.6 Å². The summed E-state index contributed by atoms with van der Waals surface area (Å²) in [6.45, 7) is 0. The van der Waals surface area contributed by atoms with Crippen molar-refractivity contribution in [3.8, 4) is 34.3 Å². The molecule has 0 aliphatic carbocycles. The molecule has 0 amide bonds. The maximum absolute atomic E-state index is 14.6. The Morgan fingerprint density at radius 3 is 1.93 bits per heavy atom. The quantitative estimate of drug-likeness (QED) is 0.401. The van der Waals surface area contributed by atoms with Gasteiger partial charge in [-0.15, -0.1) is 0 Å². The summed E-state index contributed by atoms with van der Waals surface area (Å²) < 4.78 is 26.9. The molecule has 0 bridgehead atoms. The van der Waals surface area contributed by atoms with Crippen molar-refractivity contribution in [2.45, 2.75) is 0 Å². The van der Waals surface area contributed by atoms with Crippen LogP contribution in [0.5, 0.6) is 23.0 Å². The van der Waals surface area contributed by atoms with Crippen LogP contribution in [-0.4, -0.2) is 9.97 Å². The molecule has 0 saturated heterocycles. The summed E-state index contributed by atoms with van der Waals surface area (Å²) in [7, 11) is -3.11. The number of benzene rings is 3. The fourth-order valence-corrected chi connectivity index (χ4v) is 6.89. The number of para-hydroxylation sites is 2. The van der Waals surface area contributed by atoms with E-state index in [4.69, 9.17) is 9.47 Å². The van der Waals surface area contributed by atoms with Crippen LogP contribution in [0.4, 0.5) is 0 Å². The van der Waals surface area contributed by atoms with E-state index in [2.05, 4.69) is 9.97 Å². The van der Waals surface area contributed by atoms with Crippen molar-refractivity contribution in [3.05, 3.63) is 79.3 Å². The van der Waals surface area contributed by atoms with Crippen molar-refractivity contribution in [3.63, 3.8) is 0 Å². The Kier molecular flexibility index (Phi) is 3.09. The van der Waals surface area contributed by atoms with Gasteiger partial charge in [0.15, 0.2) is 7.14 Å². The number of fused-ring (bicyclic) bond motifs is 4. The average Bonchev–Trinajstić information content (AvgIpc) is 2.74. The molecule has 1 aromatic heterocycles. The van der Waals surface area contributed by atoms with Gasteiger partial charge in [-0.1, -0.05) is 24.3 Å². The molecule has 0 fully saturated rings. The maximum Gasteiger partial charge on any atom is 0.185 e. The minimum atomic E-state index is -3.11. The molecule has 6 rings (SSSR count). The molecule has 0 atom stereocenters. The highest BCUT2D eigenvalue weighted by molar-refractivity contribution is 7.86. The number of rotatable bonds is 1. The van der Waals surface area contributed by atoms with Crippen molar-refractivity contribution in [1.82, 2.24) is 9.97 Å². The van der Waals surface area contributed by atoms with Crippen LogP contribution in [0, 0.1) is 0 Å². The predicted octanol–water partition coefficient (Wildman–Crippen LogP) is 3.99. The van der Waals surface area contributed by atoms with E-state index in [-0.39, 0.29) is 0 Å². The van der Waals surface area contributed by atoms with E-state index in [1.807, 2.05) is 60.7 Å². The molecule has 134 valence electrons. The molecule has 0 radical (unpaired) electrons. The SMILES string of the molecule is O=P12c3ccccc3Oc3cc(-c4cnccn4)cc(c31)Oc1ccccc12. The first kappa shape index (κ1) is 15.6. The number of aromatic nitrogens is 2. The maximum atomic E-state index is 14.6. The van der Waals surface area contributed by atoms with E-state index in [9.17, 15) is 4.57 Å². The van der Waals surface area contributed by atoms with E-state index < -0.39 is 7.14 Å². The van der Waals surface area contributed by atoms with Crippen molar-refractivity contribution >= 4 is 23.1 Å². The van der Waals surface area contributed by atoms with E-state index in [1.165, 1.54) is 0 Å². The Bertz CT molecular complexity index is 1230. The summed E-state index contributed by atoms with van der Waals surface area (Å²) in [6, 6.07) is 18.7. The Labute approximate surface area is 161 Å². The molecule has 2 aliphatic rings. The van der Waals surface area contributed by atoms with Gasteiger partial charge >= 0.3 is 0 Å². The van der Waals surface area contributed by atoms with Gasteiger partial charge in [0.1, 0.15) is 28.3 Å². The van der Waals surface area contributed by atoms with Crippen LogP contribution in [0.1, 0.15) is 0 Å². The predicted molar refractivity (Wildman–Crippen MR) is 107 cm³/mol. The first-order chi connectivity index (χ1) is 13.7. The third-order valence-corrected chi connectivity index (χ3v) is 8.23. The summed E-state index contributed by atoms with van der Waals surface area (Å²) in [5.41, 5.74) is 1.49. The molecule has 5 nitrogen and oxygen atoms in total. The van der Waals surface area contributed by atoms with Gasteiger partial charge in [0.05, 0.1) is 22.5 Å². The van der Waals surface area contributed by atoms with Crippen LogP contribution < -0.4 is 25.4 Å². The third-order valence-electron chi connectivity index (χ3n) is 5.06. The standard InChI is InChI=1S/C22H13N2O3P/c25-28-20-7-3-1-5-16(20)26-18-11-14(15-13-23-9-10-24-15)12-19(22(18)28)27-17-6-2-4-8-21(17)28/h1-13H.